The van der Waals surface area contributed by atoms with Gasteiger partial charge in [0.25, 0.3) is 0 Å². The van der Waals surface area contributed by atoms with Crippen LogP contribution in [0.5, 0.6) is 0 Å². The van der Waals surface area contributed by atoms with E-state index in [-0.39, 0.29) is 24.1 Å². The Hall–Kier alpha value is -1.02. The molecule has 0 bridgehead atoms. The number of aryl methyl sites for hydroxylation is 1. The van der Waals surface area contributed by atoms with E-state index < -0.39 is 9.84 Å². The Bertz CT molecular complexity index is 411. The van der Waals surface area contributed by atoms with Crippen molar-refractivity contribution in [1.29, 1.82) is 0 Å². The topological polar surface area (TPSA) is 104 Å². The molecule has 0 amide bonds. The molecule has 8 heteroatoms. The quantitative estimate of drug-likeness (QED) is 0.708. The second kappa shape index (κ2) is 4.67. The second-order valence-corrected chi connectivity index (χ2v) is 5.76. The molecule has 0 aromatic carbocycles. The SMILES string of the molecule is CCS(=O)(=O)CCn1nnnc1C(C)N. The molecule has 0 aliphatic rings. The Morgan fingerprint density at radius 3 is 2.73 bits per heavy atom. The molecule has 15 heavy (non-hydrogen) atoms. The summed E-state index contributed by atoms with van der Waals surface area (Å²) < 4.78 is 24.0. The van der Waals surface area contributed by atoms with Gasteiger partial charge in [0.2, 0.25) is 0 Å². The first kappa shape index (κ1) is 12.1. The van der Waals surface area contributed by atoms with Gasteiger partial charge in [-0.15, -0.1) is 5.10 Å². The van der Waals surface area contributed by atoms with Crippen molar-refractivity contribution >= 4 is 9.84 Å². The second-order valence-electron chi connectivity index (χ2n) is 3.29. The summed E-state index contributed by atoms with van der Waals surface area (Å²) in [5, 5.41) is 10.9. The molecule has 0 saturated carbocycles. The standard InChI is InChI=1S/C7H15N5O2S/c1-3-15(13,14)5-4-12-7(6(2)8)9-10-11-12/h6H,3-5,8H2,1-2H3. The van der Waals surface area contributed by atoms with Crippen molar-refractivity contribution in [2.75, 3.05) is 11.5 Å². The number of rotatable bonds is 5. The van der Waals surface area contributed by atoms with Gasteiger partial charge in [0, 0.05) is 5.75 Å². The molecule has 1 aromatic rings. The molecule has 1 atom stereocenters. The minimum absolute atomic E-state index is 0.0360. The third kappa shape index (κ3) is 3.24. The van der Waals surface area contributed by atoms with Crippen LogP contribution in [0, 0.1) is 0 Å². The predicted molar refractivity (Wildman–Crippen MR) is 54.7 cm³/mol. The number of aromatic nitrogens is 4. The van der Waals surface area contributed by atoms with Gasteiger partial charge < -0.3 is 5.73 Å². The van der Waals surface area contributed by atoms with Gasteiger partial charge in [0.15, 0.2) is 15.7 Å². The fourth-order valence-corrected chi connectivity index (χ4v) is 1.81. The first-order valence-corrected chi connectivity index (χ1v) is 6.50. The minimum atomic E-state index is -3.00. The van der Waals surface area contributed by atoms with Gasteiger partial charge in [-0.05, 0) is 17.4 Å². The van der Waals surface area contributed by atoms with Crippen molar-refractivity contribution in [2.45, 2.75) is 26.4 Å². The fraction of sp³-hybridized carbons (Fsp3) is 0.857. The summed E-state index contributed by atoms with van der Waals surface area (Å²) in [6.07, 6.45) is 0. The Balaban J connectivity index is 2.70. The molecule has 0 fully saturated rings. The Morgan fingerprint density at radius 1 is 1.53 bits per heavy atom. The molecule has 1 unspecified atom stereocenters. The smallest absolute Gasteiger partial charge is 0.167 e. The maximum atomic E-state index is 11.3. The van der Waals surface area contributed by atoms with Crippen LogP contribution in [0.1, 0.15) is 25.7 Å². The maximum Gasteiger partial charge on any atom is 0.167 e. The maximum absolute atomic E-state index is 11.3. The van der Waals surface area contributed by atoms with E-state index in [1.54, 1.807) is 13.8 Å². The summed E-state index contributed by atoms with van der Waals surface area (Å²) in [6.45, 7) is 3.61. The molecular formula is C7H15N5O2S. The molecule has 0 saturated heterocycles. The largest absolute Gasteiger partial charge is 0.322 e. The number of nitrogens with two attached hydrogens (primary N) is 1. The van der Waals surface area contributed by atoms with Crippen molar-refractivity contribution in [3.05, 3.63) is 5.82 Å². The van der Waals surface area contributed by atoms with Crippen molar-refractivity contribution in [2.24, 2.45) is 5.73 Å². The fourth-order valence-electron chi connectivity index (χ4n) is 1.07. The van der Waals surface area contributed by atoms with Crippen LogP contribution in [0.2, 0.25) is 0 Å². The van der Waals surface area contributed by atoms with Crippen LogP contribution in [0.15, 0.2) is 0 Å². The van der Waals surface area contributed by atoms with Crippen molar-refractivity contribution in [3.63, 3.8) is 0 Å². The first-order chi connectivity index (χ1) is 6.96. The normalized spacial score (nSPS) is 14.1. The van der Waals surface area contributed by atoms with Gasteiger partial charge in [-0.25, -0.2) is 13.1 Å². The molecule has 1 aromatic heterocycles. The van der Waals surface area contributed by atoms with Gasteiger partial charge >= 0.3 is 0 Å². The number of hydrogen-bond acceptors (Lipinski definition) is 6. The molecule has 0 aliphatic heterocycles. The highest BCUT2D eigenvalue weighted by Crippen LogP contribution is 2.03. The third-order valence-electron chi connectivity index (χ3n) is 2.02. The lowest BCUT2D eigenvalue weighted by Crippen LogP contribution is -2.20. The van der Waals surface area contributed by atoms with Crippen LogP contribution < -0.4 is 5.73 Å². The third-order valence-corrected chi connectivity index (χ3v) is 3.71. The number of hydrogen-bond donors (Lipinski definition) is 1. The highest BCUT2D eigenvalue weighted by atomic mass is 32.2. The van der Waals surface area contributed by atoms with E-state index in [4.69, 9.17) is 5.73 Å². The van der Waals surface area contributed by atoms with Gasteiger partial charge in [-0.3, -0.25) is 0 Å². The molecule has 0 radical (unpaired) electrons. The van der Waals surface area contributed by atoms with Crippen LogP contribution in [-0.4, -0.2) is 40.1 Å². The van der Waals surface area contributed by atoms with Gasteiger partial charge in [-0.2, -0.15) is 0 Å². The lowest BCUT2D eigenvalue weighted by molar-refractivity contribution is 0.552. The first-order valence-electron chi connectivity index (χ1n) is 4.68. The molecule has 1 rings (SSSR count). The Kier molecular flexibility index (Phi) is 3.75. The van der Waals surface area contributed by atoms with E-state index >= 15 is 0 Å². The lowest BCUT2D eigenvalue weighted by atomic mass is 10.3. The zero-order valence-corrected chi connectivity index (χ0v) is 9.61. The lowest BCUT2D eigenvalue weighted by Gasteiger charge is -2.06. The van der Waals surface area contributed by atoms with E-state index in [0.29, 0.717) is 5.82 Å². The summed E-state index contributed by atoms with van der Waals surface area (Å²) >= 11 is 0. The highest BCUT2D eigenvalue weighted by molar-refractivity contribution is 7.91. The molecular weight excluding hydrogens is 218 g/mol. The number of sulfone groups is 1. The van der Waals surface area contributed by atoms with E-state index in [0.717, 1.165) is 0 Å². The minimum Gasteiger partial charge on any atom is -0.322 e. The van der Waals surface area contributed by atoms with Crippen LogP contribution >= 0.6 is 0 Å². The van der Waals surface area contributed by atoms with Crippen molar-refractivity contribution < 1.29 is 8.42 Å². The summed E-state index contributed by atoms with van der Waals surface area (Å²) in [5.74, 6) is 0.665. The Labute approximate surface area is 88.6 Å². The van der Waals surface area contributed by atoms with Crippen LogP contribution in [0.25, 0.3) is 0 Å². The summed E-state index contributed by atoms with van der Waals surface area (Å²) in [5.41, 5.74) is 5.62. The zero-order chi connectivity index (χ0) is 11.5. The summed E-state index contributed by atoms with van der Waals surface area (Å²) in [4.78, 5) is 0. The molecule has 7 nitrogen and oxygen atoms in total. The Morgan fingerprint density at radius 2 is 2.20 bits per heavy atom. The van der Waals surface area contributed by atoms with Crippen molar-refractivity contribution in [3.8, 4) is 0 Å². The zero-order valence-electron chi connectivity index (χ0n) is 8.79. The molecule has 86 valence electrons. The van der Waals surface area contributed by atoms with Crippen LogP contribution in [0.4, 0.5) is 0 Å². The number of tetrazole rings is 1. The predicted octanol–water partition coefficient (Wildman–Crippen LogP) is -0.872. The van der Waals surface area contributed by atoms with E-state index in [1.807, 2.05) is 0 Å². The van der Waals surface area contributed by atoms with E-state index in [2.05, 4.69) is 15.5 Å². The van der Waals surface area contributed by atoms with Crippen molar-refractivity contribution in [1.82, 2.24) is 20.2 Å². The average molecular weight is 233 g/mol. The molecule has 2 N–H and O–H groups in total. The van der Waals surface area contributed by atoms with Gasteiger partial charge in [0.05, 0.1) is 18.3 Å². The molecule has 1 heterocycles. The average Bonchev–Trinajstić information content (AvgIpc) is 2.63. The van der Waals surface area contributed by atoms with Crippen LogP contribution in [-0.2, 0) is 16.4 Å². The van der Waals surface area contributed by atoms with Gasteiger partial charge in [-0.1, -0.05) is 6.92 Å². The van der Waals surface area contributed by atoms with Crippen LogP contribution in [0.3, 0.4) is 0 Å². The molecule has 0 spiro atoms. The van der Waals surface area contributed by atoms with E-state index in [1.165, 1.54) is 4.68 Å². The van der Waals surface area contributed by atoms with Gasteiger partial charge in [0.1, 0.15) is 0 Å². The van der Waals surface area contributed by atoms with E-state index in [9.17, 15) is 8.42 Å². The highest BCUT2D eigenvalue weighted by Gasteiger charge is 2.13. The summed E-state index contributed by atoms with van der Waals surface area (Å²) in [6, 6.07) is -0.302. The monoisotopic (exact) mass is 233 g/mol. The molecule has 0 aliphatic carbocycles. The summed E-state index contributed by atoms with van der Waals surface area (Å²) in [7, 11) is -3.00. The number of nitrogens with zero attached hydrogens (tertiary/aromatic N) is 4.